The fourth-order valence-corrected chi connectivity index (χ4v) is 2.41. The van der Waals surface area contributed by atoms with E-state index >= 15 is 0 Å². The van der Waals surface area contributed by atoms with Gasteiger partial charge in [0.1, 0.15) is 11.0 Å². The average molecular weight is 248 g/mol. The molecule has 4 heteroatoms. The number of nitrogens with zero attached hydrogens (tertiary/aromatic N) is 1. The Hall–Kier alpha value is -1.39. The summed E-state index contributed by atoms with van der Waals surface area (Å²) in [5.41, 5.74) is 3.22. The first kappa shape index (κ1) is 12.1. The topological polar surface area (TPSA) is 45.1 Å². The molecule has 0 aliphatic heterocycles. The molecule has 90 valence electrons. The van der Waals surface area contributed by atoms with E-state index in [1.165, 1.54) is 5.56 Å². The summed E-state index contributed by atoms with van der Waals surface area (Å²) in [6.07, 6.45) is 0. The van der Waals surface area contributed by atoms with Crippen molar-refractivity contribution in [3.8, 4) is 0 Å². The predicted octanol–water partition coefficient (Wildman–Crippen LogP) is 2.91. The van der Waals surface area contributed by atoms with Crippen molar-refractivity contribution in [3.63, 3.8) is 0 Å². The molecule has 0 fully saturated rings. The number of aryl methyl sites for hydroxylation is 2. The maximum absolute atomic E-state index is 9.41. The zero-order chi connectivity index (χ0) is 12.3. The predicted molar refractivity (Wildman–Crippen MR) is 71.5 cm³/mol. The van der Waals surface area contributed by atoms with Crippen LogP contribution in [0.15, 0.2) is 29.6 Å². The molecule has 1 heterocycles. The first-order valence-corrected chi connectivity index (χ1v) is 6.43. The van der Waals surface area contributed by atoms with Gasteiger partial charge in [-0.3, -0.25) is 0 Å². The average Bonchev–Trinajstić information content (AvgIpc) is 2.75. The van der Waals surface area contributed by atoms with E-state index in [0.29, 0.717) is 0 Å². The maximum atomic E-state index is 9.41. The molecule has 0 amide bonds. The molecule has 0 aliphatic rings. The second kappa shape index (κ2) is 5.29. The fourth-order valence-electron chi connectivity index (χ4n) is 1.57. The molecule has 2 aromatic rings. The van der Waals surface area contributed by atoms with Gasteiger partial charge in [0, 0.05) is 16.8 Å². The van der Waals surface area contributed by atoms with Crippen LogP contribution in [-0.2, 0) is 0 Å². The number of thiazole rings is 1. The molecule has 0 bridgehead atoms. The van der Waals surface area contributed by atoms with Crippen LogP contribution in [0.4, 0.5) is 5.69 Å². The number of anilines is 1. The number of benzene rings is 1. The van der Waals surface area contributed by atoms with Crippen LogP contribution < -0.4 is 5.32 Å². The van der Waals surface area contributed by atoms with E-state index in [1.54, 1.807) is 11.3 Å². The van der Waals surface area contributed by atoms with Crippen LogP contribution in [0.5, 0.6) is 0 Å². The summed E-state index contributed by atoms with van der Waals surface area (Å²) >= 11 is 1.57. The van der Waals surface area contributed by atoms with Crippen LogP contribution in [0.2, 0.25) is 0 Å². The van der Waals surface area contributed by atoms with Crippen molar-refractivity contribution in [1.29, 1.82) is 0 Å². The van der Waals surface area contributed by atoms with E-state index in [0.717, 1.165) is 16.4 Å². The Bertz CT molecular complexity index is 478. The van der Waals surface area contributed by atoms with Crippen LogP contribution in [0.25, 0.3) is 0 Å². The highest BCUT2D eigenvalue weighted by atomic mass is 32.1. The van der Waals surface area contributed by atoms with E-state index in [2.05, 4.69) is 17.2 Å². The first-order chi connectivity index (χ1) is 8.19. The van der Waals surface area contributed by atoms with Gasteiger partial charge in [-0.2, -0.15) is 0 Å². The van der Waals surface area contributed by atoms with Crippen molar-refractivity contribution in [2.75, 3.05) is 11.9 Å². The van der Waals surface area contributed by atoms with Gasteiger partial charge in [0.15, 0.2) is 0 Å². The Morgan fingerprint density at radius 1 is 1.29 bits per heavy atom. The molecule has 2 rings (SSSR count). The number of rotatable bonds is 4. The summed E-state index contributed by atoms with van der Waals surface area (Å²) in [6.45, 7) is 4.05. The van der Waals surface area contributed by atoms with Crippen LogP contribution in [0.1, 0.15) is 22.3 Å². The smallest absolute Gasteiger partial charge is 0.118 e. The molecule has 2 N–H and O–H groups in total. The maximum Gasteiger partial charge on any atom is 0.118 e. The number of aliphatic hydroxyl groups excluding tert-OH is 1. The van der Waals surface area contributed by atoms with Crippen molar-refractivity contribution < 1.29 is 5.11 Å². The van der Waals surface area contributed by atoms with E-state index in [-0.39, 0.29) is 12.6 Å². The number of aliphatic hydroxyl groups is 1. The van der Waals surface area contributed by atoms with Crippen molar-refractivity contribution in [3.05, 3.63) is 45.9 Å². The van der Waals surface area contributed by atoms with Gasteiger partial charge in [-0.15, -0.1) is 11.3 Å². The van der Waals surface area contributed by atoms with Gasteiger partial charge in [0.2, 0.25) is 0 Å². The summed E-state index contributed by atoms with van der Waals surface area (Å²) < 4.78 is 0. The SMILES string of the molecule is Cc1ccc(NC(CO)c2nc(C)cs2)cc1. The molecule has 0 saturated carbocycles. The van der Waals surface area contributed by atoms with Crippen molar-refractivity contribution in [2.45, 2.75) is 19.9 Å². The fraction of sp³-hybridized carbons (Fsp3) is 0.308. The third-order valence-electron chi connectivity index (χ3n) is 2.51. The third-order valence-corrected chi connectivity index (χ3v) is 3.59. The molecular weight excluding hydrogens is 232 g/mol. The number of hydrogen-bond acceptors (Lipinski definition) is 4. The Labute approximate surface area is 105 Å². The number of hydrogen-bond donors (Lipinski definition) is 2. The van der Waals surface area contributed by atoms with Crippen LogP contribution in [-0.4, -0.2) is 16.7 Å². The van der Waals surface area contributed by atoms with Gasteiger partial charge in [0.25, 0.3) is 0 Å². The Morgan fingerprint density at radius 2 is 2.00 bits per heavy atom. The van der Waals surface area contributed by atoms with Crippen LogP contribution in [0, 0.1) is 13.8 Å². The van der Waals surface area contributed by atoms with E-state index in [9.17, 15) is 5.11 Å². The lowest BCUT2D eigenvalue weighted by Crippen LogP contribution is -2.14. The molecule has 1 unspecified atom stereocenters. The summed E-state index contributed by atoms with van der Waals surface area (Å²) in [5, 5.41) is 15.6. The zero-order valence-corrected chi connectivity index (χ0v) is 10.8. The lowest BCUT2D eigenvalue weighted by Gasteiger charge is -2.15. The highest BCUT2D eigenvalue weighted by Gasteiger charge is 2.13. The van der Waals surface area contributed by atoms with Gasteiger partial charge in [-0.1, -0.05) is 17.7 Å². The Morgan fingerprint density at radius 3 is 2.53 bits per heavy atom. The molecule has 0 spiro atoms. The largest absolute Gasteiger partial charge is 0.394 e. The summed E-state index contributed by atoms with van der Waals surface area (Å²) in [6, 6.07) is 7.99. The van der Waals surface area contributed by atoms with Gasteiger partial charge in [0.05, 0.1) is 6.61 Å². The molecule has 3 nitrogen and oxygen atoms in total. The van der Waals surface area contributed by atoms with E-state index in [4.69, 9.17) is 0 Å². The summed E-state index contributed by atoms with van der Waals surface area (Å²) in [5.74, 6) is 0. The molecule has 1 aromatic carbocycles. The molecule has 0 saturated heterocycles. The van der Waals surface area contributed by atoms with E-state index < -0.39 is 0 Å². The standard InChI is InChI=1S/C13H16N2OS/c1-9-3-5-11(6-4-9)15-12(7-16)13-14-10(2)8-17-13/h3-6,8,12,15-16H,7H2,1-2H3. The zero-order valence-electron chi connectivity index (χ0n) is 9.97. The highest BCUT2D eigenvalue weighted by molar-refractivity contribution is 7.09. The molecule has 0 radical (unpaired) electrons. The molecule has 0 aliphatic carbocycles. The lowest BCUT2D eigenvalue weighted by atomic mass is 10.2. The third kappa shape index (κ3) is 3.05. The quantitative estimate of drug-likeness (QED) is 0.874. The molecular formula is C13H16N2OS. The van der Waals surface area contributed by atoms with Gasteiger partial charge >= 0.3 is 0 Å². The minimum atomic E-state index is -0.128. The minimum absolute atomic E-state index is 0.0425. The van der Waals surface area contributed by atoms with Crippen LogP contribution >= 0.6 is 11.3 Å². The second-order valence-electron chi connectivity index (χ2n) is 4.07. The van der Waals surface area contributed by atoms with Gasteiger partial charge in [-0.05, 0) is 26.0 Å². The van der Waals surface area contributed by atoms with Crippen molar-refractivity contribution in [1.82, 2.24) is 4.98 Å². The second-order valence-corrected chi connectivity index (χ2v) is 4.96. The summed E-state index contributed by atoms with van der Waals surface area (Å²) in [7, 11) is 0. The number of nitrogens with one attached hydrogen (secondary N) is 1. The highest BCUT2D eigenvalue weighted by Crippen LogP contribution is 2.22. The van der Waals surface area contributed by atoms with Crippen molar-refractivity contribution in [2.24, 2.45) is 0 Å². The molecule has 1 atom stereocenters. The van der Waals surface area contributed by atoms with Gasteiger partial charge < -0.3 is 10.4 Å². The Balaban J connectivity index is 2.12. The molecule has 1 aromatic heterocycles. The monoisotopic (exact) mass is 248 g/mol. The number of aromatic nitrogens is 1. The normalized spacial score (nSPS) is 12.4. The van der Waals surface area contributed by atoms with Gasteiger partial charge in [-0.25, -0.2) is 4.98 Å². The minimum Gasteiger partial charge on any atom is -0.394 e. The van der Waals surface area contributed by atoms with E-state index in [1.807, 2.05) is 36.6 Å². The summed E-state index contributed by atoms with van der Waals surface area (Å²) in [4.78, 5) is 4.39. The lowest BCUT2D eigenvalue weighted by molar-refractivity contribution is 0.276. The van der Waals surface area contributed by atoms with Crippen LogP contribution in [0.3, 0.4) is 0 Å². The molecule has 17 heavy (non-hydrogen) atoms. The van der Waals surface area contributed by atoms with Crippen molar-refractivity contribution >= 4 is 17.0 Å². The Kier molecular flexibility index (Phi) is 3.76. The first-order valence-electron chi connectivity index (χ1n) is 5.55.